The molecule has 1 atom stereocenters. The fraction of sp³-hybridized carbons (Fsp3) is 0.222. The van der Waals surface area contributed by atoms with Crippen LogP contribution in [0.25, 0.3) is 16.9 Å². The van der Waals surface area contributed by atoms with Gasteiger partial charge in [0.1, 0.15) is 5.92 Å². The van der Waals surface area contributed by atoms with E-state index in [-0.39, 0.29) is 6.42 Å². The molecule has 0 fully saturated rings. The normalized spacial score (nSPS) is 11.9. The molecule has 1 aromatic carbocycles. The molecule has 0 radical (unpaired) electrons. The van der Waals surface area contributed by atoms with Gasteiger partial charge in [-0.05, 0) is 18.2 Å². The van der Waals surface area contributed by atoms with Crippen LogP contribution in [0.15, 0.2) is 48.8 Å². The molecular weight excluding hydrogens is 322 g/mol. The molecule has 3 aromatic rings. The highest BCUT2D eigenvalue weighted by Crippen LogP contribution is 2.30. The minimum absolute atomic E-state index is 0.133. The molecule has 0 bridgehead atoms. The van der Waals surface area contributed by atoms with E-state index in [9.17, 15) is 9.59 Å². The van der Waals surface area contributed by atoms with Crippen molar-refractivity contribution in [3.05, 3.63) is 54.5 Å². The van der Waals surface area contributed by atoms with E-state index in [4.69, 9.17) is 9.47 Å². The van der Waals surface area contributed by atoms with Gasteiger partial charge in [0.05, 0.1) is 26.2 Å². The zero-order valence-electron chi connectivity index (χ0n) is 13.9. The van der Waals surface area contributed by atoms with Gasteiger partial charge < -0.3 is 9.47 Å². The Labute approximate surface area is 144 Å². The van der Waals surface area contributed by atoms with Crippen LogP contribution in [-0.2, 0) is 19.1 Å². The van der Waals surface area contributed by atoms with E-state index in [0.29, 0.717) is 11.6 Å². The van der Waals surface area contributed by atoms with E-state index in [1.165, 1.54) is 14.2 Å². The number of methoxy groups -OCH3 is 2. The third-order valence-electron chi connectivity index (χ3n) is 3.93. The van der Waals surface area contributed by atoms with Gasteiger partial charge in [-0.15, -0.1) is 0 Å². The molecule has 2 heterocycles. The molecular formula is C18H17N3O4. The second-order valence-electron chi connectivity index (χ2n) is 5.37. The highest BCUT2D eigenvalue weighted by atomic mass is 16.5. The number of ether oxygens (including phenoxy) is 2. The Balaban J connectivity index is 2.22. The van der Waals surface area contributed by atoms with Crippen LogP contribution in [-0.4, -0.2) is 40.7 Å². The Morgan fingerprint density at radius 1 is 1.08 bits per heavy atom. The summed E-state index contributed by atoms with van der Waals surface area (Å²) in [6.45, 7) is 0. The van der Waals surface area contributed by atoms with E-state index in [1.54, 1.807) is 23.0 Å². The Morgan fingerprint density at radius 3 is 2.48 bits per heavy atom. The summed E-state index contributed by atoms with van der Waals surface area (Å²) >= 11 is 0. The Bertz CT molecular complexity index is 905. The Morgan fingerprint density at radius 2 is 1.80 bits per heavy atom. The van der Waals surface area contributed by atoms with Crippen molar-refractivity contribution in [1.29, 1.82) is 0 Å². The number of hydrogen-bond acceptors (Lipinski definition) is 6. The number of carbonyl (C=O) groups excluding carboxylic acids is 2. The smallest absolute Gasteiger partial charge is 0.315 e. The topological polar surface area (TPSA) is 83.3 Å². The lowest BCUT2D eigenvalue weighted by atomic mass is 10.0. The van der Waals surface area contributed by atoms with Gasteiger partial charge >= 0.3 is 11.9 Å². The molecule has 0 aliphatic rings. The summed E-state index contributed by atoms with van der Waals surface area (Å²) in [5, 5.41) is 0.906. The van der Waals surface area contributed by atoms with Crippen molar-refractivity contribution >= 4 is 22.8 Å². The number of esters is 2. The zero-order chi connectivity index (χ0) is 17.8. The highest BCUT2D eigenvalue weighted by Gasteiger charge is 2.30. The molecule has 0 amide bonds. The second-order valence-corrected chi connectivity index (χ2v) is 5.37. The van der Waals surface area contributed by atoms with Crippen molar-refractivity contribution in [3.63, 3.8) is 0 Å². The predicted molar refractivity (Wildman–Crippen MR) is 90.3 cm³/mol. The zero-order valence-corrected chi connectivity index (χ0v) is 13.9. The SMILES string of the molecule is COC(=O)CC(C(=O)OC)c1cc2ccccc2n1-c1ncccn1. The molecule has 128 valence electrons. The van der Waals surface area contributed by atoms with Gasteiger partial charge in [-0.3, -0.25) is 14.2 Å². The number of rotatable bonds is 5. The number of nitrogens with zero attached hydrogens (tertiary/aromatic N) is 3. The van der Waals surface area contributed by atoms with Gasteiger partial charge in [-0.2, -0.15) is 0 Å². The molecule has 0 spiro atoms. The lowest BCUT2D eigenvalue weighted by molar-refractivity contribution is -0.149. The lowest BCUT2D eigenvalue weighted by Gasteiger charge is -2.16. The molecule has 7 heteroatoms. The molecule has 3 rings (SSSR count). The first kappa shape index (κ1) is 16.6. The van der Waals surface area contributed by atoms with Crippen LogP contribution in [0.1, 0.15) is 18.0 Å². The van der Waals surface area contributed by atoms with E-state index in [1.807, 2.05) is 30.3 Å². The van der Waals surface area contributed by atoms with E-state index in [2.05, 4.69) is 9.97 Å². The monoisotopic (exact) mass is 339 g/mol. The van der Waals surface area contributed by atoms with Crippen molar-refractivity contribution in [2.75, 3.05) is 14.2 Å². The molecule has 0 saturated carbocycles. The minimum Gasteiger partial charge on any atom is -0.469 e. The van der Waals surface area contributed by atoms with Crippen LogP contribution in [0, 0.1) is 0 Å². The van der Waals surface area contributed by atoms with Crippen molar-refractivity contribution in [3.8, 4) is 5.95 Å². The first-order valence-corrected chi connectivity index (χ1v) is 7.68. The Hall–Kier alpha value is -3.22. The predicted octanol–water partition coefficient (Wildman–Crippen LogP) is 2.24. The van der Waals surface area contributed by atoms with Gasteiger partial charge in [0.15, 0.2) is 0 Å². The van der Waals surface area contributed by atoms with Crippen LogP contribution >= 0.6 is 0 Å². The first-order valence-electron chi connectivity index (χ1n) is 7.68. The van der Waals surface area contributed by atoms with Crippen LogP contribution in [0.3, 0.4) is 0 Å². The lowest BCUT2D eigenvalue weighted by Crippen LogP contribution is -2.21. The first-order chi connectivity index (χ1) is 12.2. The van der Waals surface area contributed by atoms with E-state index < -0.39 is 17.9 Å². The van der Waals surface area contributed by atoms with Crippen molar-refractivity contribution in [2.45, 2.75) is 12.3 Å². The third-order valence-corrected chi connectivity index (χ3v) is 3.93. The molecule has 0 saturated heterocycles. The standard InChI is InChI=1S/C18H17N3O4/c1-24-16(22)11-13(17(23)25-2)15-10-12-6-3-4-7-14(12)21(15)18-19-8-5-9-20-18/h3-10,13H,11H2,1-2H3. The van der Waals surface area contributed by atoms with Crippen LogP contribution in [0.5, 0.6) is 0 Å². The Kier molecular flexibility index (Phi) is 4.74. The maximum absolute atomic E-state index is 12.3. The largest absolute Gasteiger partial charge is 0.469 e. The van der Waals surface area contributed by atoms with Crippen LogP contribution in [0.4, 0.5) is 0 Å². The summed E-state index contributed by atoms with van der Waals surface area (Å²) in [6.07, 6.45) is 3.11. The summed E-state index contributed by atoms with van der Waals surface area (Å²) in [4.78, 5) is 32.7. The van der Waals surface area contributed by atoms with E-state index in [0.717, 1.165) is 10.9 Å². The number of fused-ring (bicyclic) bond motifs is 1. The number of para-hydroxylation sites is 1. The number of aromatic nitrogens is 3. The molecule has 2 aromatic heterocycles. The number of carbonyl (C=O) groups is 2. The summed E-state index contributed by atoms with van der Waals surface area (Å²) in [5.74, 6) is -1.43. The molecule has 0 aliphatic heterocycles. The number of benzene rings is 1. The average molecular weight is 339 g/mol. The summed E-state index contributed by atoms with van der Waals surface area (Å²) < 4.78 is 11.4. The number of hydrogen-bond donors (Lipinski definition) is 0. The maximum atomic E-state index is 12.3. The molecule has 0 aliphatic carbocycles. The fourth-order valence-electron chi connectivity index (χ4n) is 2.76. The third kappa shape index (κ3) is 3.21. The maximum Gasteiger partial charge on any atom is 0.315 e. The minimum atomic E-state index is -0.825. The van der Waals surface area contributed by atoms with Gasteiger partial charge in [-0.1, -0.05) is 18.2 Å². The summed E-state index contributed by atoms with van der Waals surface area (Å²) in [7, 11) is 2.57. The van der Waals surface area contributed by atoms with Crippen molar-refractivity contribution in [2.24, 2.45) is 0 Å². The van der Waals surface area contributed by atoms with Crippen LogP contribution in [0.2, 0.25) is 0 Å². The summed E-state index contributed by atoms with van der Waals surface area (Å²) in [6, 6.07) is 11.2. The van der Waals surface area contributed by atoms with E-state index >= 15 is 0 Å². The van der Waals surface area contributed by atoms with Gasteiger partial charge in [0, 0.05) is 23.5 Å². The molecule has 25 heavy (non-hydrogen) atoms. The van der Waals surface area contributed by atoms with Crippen molar-refractivity contribution in [1.82, 2.24) is 14.5 Å². The molecule has 0 N–H and O–H groups in total. The van der Waals surface area contributed by atoms with Gasteiger partial charge in [-0.25, -0.2) is 9.97 Å². The van der Waals surface area contributed by atoms with Gasteiger partial charge in [0.25, 0.3) is 0 Å². The van der Waals surface area contributed by atoms with Crippen LogP contribution < -0.4 is 0 Å². The molecule has 1 unspecified atom stereocenters. The van der Waals surface area contributed by atoms with Gasteiger partial charge in [0.2, 0.25) is 5.95 Å². The average Bonchev–Trinajstić information content (AvgIpc) is 3.05. The molecule has 7 nitrogen and oxygen atoms in total. The van der Waals surface area contributed by atoms with Crippen molar-refractivity contribution < 1.29 is 19.1 Å². The highest BCUT2D eigenvalue weighted by molar-refractivity contribution is 5.89. The summed E-state index contributed by atoms with van der Waals surface area (Å²) in [5.41, 5.74) is 1.41. The fourth-order valence-corrected chi connectivity index (χ4v) is 2.76. The quantitative estimate of drug-likeness (QED) is 0.663. The second kappa shape index (κ2) is 7.12.